The third-order valence-electron chi connectivity index (χ3n) is 4.16. The Morgan fingerprint density at radius 2 is 2.04 bits per heavy atom. The van der Waals surface area contributed by atoms with Gasteiger partial charge in [-0.3, -0.25) is 9.59 Å². The summed E-state index contributed by atoms with van der Waals surface area (Å²) in [5.74, 6) is -0.449. The Labute approximate surface area is 146 Å². The summed E-state index contributed by atoms with van der Waals surface area (Å²) in [6.07, 6.45) is 4.75. The quantitative estimate of drug-likeness (QED) is 0.666. The Balaban J connectivity index is 1.82. The molecule has 0 atom stereocenters. The standard InChI is InChI=1S/C17H13ClN4O3/c18-13-6-3-10(8-19-13)9-21-7-1-2-12-14(21)20-17(25)22(16(12)24)15(23)11-4-5-11/h1-3,6-8,11H,4-5,9H2. The van der Waals surface area contributed by atoms with Crippen molar-refractivity contribution in [1.82, 2.24) is 19.1 Å². The molecule has 1 aromatic heterocycles. The Kier molecular flexibility index (Phi) is 3.73. The molecule has 0 unspecified atom stereocenters. The van der Waals surface area contributed by atoms with Gasteiger partial charge in [-0.05, 0) is 36.6 Å². The number of halogens is 1. The van der Waals surface area contributed by atoms with Gasteiger partial charge < -0.3 is 4.57 Å². The van der Waals surface area contributed by atoms with E-state index in [-0.39, 0.29) is 17.3 Å². The molecule has 126 valence electrons. The zero-order valence-electron chi connectivity index (χ0n) is 13.1. The molecule has 0 saturated heterocycles. The summed E-state index contributed by atoms with van der Waals surface area (Å²) < 4.78 is 2.34. The molecule has 1 aliphatic carbocycles. The molecule has 0 bridgehead atoms. The van der Waals surface area contributed by atoms with E-state index in [9.17, 15) is 14.4 Å². The van der Waals surface area contributed by atoms with Crippen LogP contribution < -0.4 is 11.2 Å². The maximum Gasteiger partial charge on any atom is 0.359 e. The van der Waals surface area contributed by atoms with Crippen LogP contribution in [0, 0.1) is 5.92 Å². The van der Waals surface area contributed by atoms with Crippen LogP contribution in [0.15, 0.2) is 46.2 Å². The molecular formula is C17H13ClN4O3. The van der Waals surface area contributed by atoms with Gasteiger partial charge in [0.25, 0.3) is 5.56 Å². The Morgan fingerprint density at radius 1 is 1.24 bits per heavy atom. The Morgan fingerprint density at radius 3 is 2.72 bits per heavy atom. The van der Waals surface area contributed by atoms with Crippen LogP contribution in [0.3, 0.4) is 0 Å². The van der Waals surface area contributed by atoms with E-state index in [0.717, 1.165) is 5.56 Å². The first-order valence-electron chi connectivity index (χ1n) is 7.81. The molecule has 0 N–H and O–H groups in total. The fourth-order valence-electron chi connectivity index (χ4n) is 2.71. The molecule has 0 spiro atoms. The maximum absolute atomic E-state index is 12.6. The molecule has 1 aromatic rings. The lowest BCUT2D eigenvalue weighted by molar-refractivity contribution is 0.0876. The minimum atomic E-state index is -0.830. The van der Waals surface area contributed by atoms with Crippen molar-refractivity contribution in [3.63, 3.8) is 0 Å². The molecule has 0 radical (unpaired) electrons. The number of hydrogen-bond donors (Lipinski definition) is 0. The number of nitrogens with zero attached hydrogens (tertiary/aromatic N) is 4. The predicted molar refractivity (Wildman–Crippen MR) is 91.1 cm³/mol. The van der Waals surface area contributed by atoms with Gasteiger partial charge >= 0.3 is 5.69 Å². The minimum absolute atomic E-state index is 0.234. The van der Waals surface area contributed by atoms with E-state index >= 15 is 0 Å². The highest BCUT2D eigenvalue weighted by Crippen LogP contribution is 2.30. The Hall–Kier alpha value is -2.80. The summed E-state index contributed by atoms with van der Waals surface area (Å²) in [7, 11) is 0. The molecule has 3 heterocycles. The lowest BCUT2D eigenvalue weighted by atomic mass is 10.2. The van der Waals surface area contributed by atoms with Gasteiger partial charge in [0, 0.05) is 18.3 Å². The number of rotatable bonds is 3. The van der Waals surface area contributed by atoms with Crippen molar-refractivity contribution in [3.8, 4) is 11.4 Å². The highest BCUT2D eigenvalue weighted by Gasteiger charge is 2.34. The van der Waals surface area contributed by atoms with Crippen LogP contribution in [-0.2, 0) is 6.54 Å². The van der Waals surface area contributed by atoms with Crippen LogP contribution in [0.2, 0.25) is 5.15 Å². The van der Waals surface area contributed by atoms with Crippen molar-refractivity contribution in [1.29, 1.82) is 0 Å². The maximum atomic E-state index is 12.6. The first-order chi connectivity index (χ1) is 12.0. The van der Waals surface area contributed by atoms with Gasteiger partial charge in [0.1, 0.15) is 5.15 Å². The molecule has 8 heteroatoms. The van der Waals surface area contributed by atoms with Crippen molar-refractivity contribution in [2.75, 3.05) is 0 Å². The van der Waals surface area contributed by atoms with Crippen molar-refractivity contribution in [2.24, 2.45) is 5.92 Å². The molecule has 1 saturated carbocycles. The summed E-state index contributed by atoms with van der Waals surface area (Å²) in [4.78, 5) is 45.1. The molecule has 4 rings (SSSR count). The minimum Gasteiger partial charge on any atom is -0.328 e. The van der Waals surface area contributed by atoms with Crippen molar-refractivity contribution in [3.05, 3.63) is 68.2 Å². The lowest BCUT2D eigenvalue weighted by Crippen LogP contribution is -2.42. The van der Waals surface area contributed by atoms with Gasteiger partial charge in [-0.25, -0.2) is 9.78 Å². The van der Waals surface area contributed by atoms with Gasteiger partial charge in [-0.15, -0.1) is 0 Å². The molecular weight excluding hydrogens is 344 g/mol. The summed E-state index contributed by atoms with van der Waals surface area (Å²) in [6, 6.07) is 6.72. The second-order valence-electron chi connectivity index (χ2n) is 6.01. The van der Waals surface area contributed by atoms with E-state index in [4.69, 9.17) is 11.6 Å². The van der Waals surface area contributed by atoms with Crippen molar-refractivity contribution >= 4 is 17.5 Å². The fraction of sp³-hybridized carbons (Fsp3) is 0.235. The first-order valence-corrected chi connectivity index (χ1v) is 8.19. The smallest absolute Gasteiger partial charge is 0.328 e. The monoisotopic (exact) mass is 356 g/mol. The number of hydrogen-bond acceptors (Lipinski definition) is 5. The van der Waals surface area contributed by atoms with Crippen LogP contribution in [0.4, 0.5) is 0 Å². The second-order valence-corrected chi connectivity index (χ2v) is 6.40. The van der Waals surface area contributed by atoms with Crippen LogP contribution in [0.1, 0.15) is 23.2 Å². The van der Waals surface area contributed by atoms with Crippen LogP contribution >= 0.6 is 11.6 Å². The van der Waals surface area contributed by atoms with E-state index in [0.29, 0.717) is 29.1 Å². The molecule has 1 fully saturated rings. The Bertz CT molecular complexity index is 1050. The molecule has 25 heavy (non-hydrogen) atoms. The number of carbonyl (C=O) groups excluding carboxylic acids is 1. The fourth-order valence-corrected chi connectivity index (χ4v) is 2.83. The van der Waals surface area contributed by atoms with Crippen LogP contribution in [0.25, 0.3) is 11.4 Å². The summed E-state index contributed by atoms with van der Waals surface area (Å²) in [6.45, 7) is 0.369. The van der Waals surface area contributed by atoms with Crippen molar-refractivity contribution in [2.45, 2.75) is 19.4 Å². The van der Waals surface area contributed by atoms with Gasteiger partial charge in [0.05, 0.1) is 12.1 Å². The third-order valence-corrected chi connectivity index (χ3v) is 4.38. The van der Waals surface area contributed by atoms with E-state index in [1.165, 1.54) is 0 Å². The average Bonchev–Trinajstić information content (AvgIpc) is 3.42. The second kappa shape index (κ2) is 5.93. The van der Waals surface area contributed by atoms with E-state index in [2.05, 4.69) is 9.97 Å². The number of aromatic nitrogens is 4. The highest BCUT2D eigenvalue weighted by atomic mass is 35.5. The largest absolute Gasteiger partial charge is 0.359 e. The summed E-state index contributed by atoms with van der Waals surface area (Å²) in [5, 5.41) is 0.383. The lowest BCUT2D eigenvalue weighted by Gasteiger charge is -2.14. The molecule has 0 amide bonds. The van der Waals surface area contributed by atoms with Gasteiger partial charge in [0.15, 0.2) is 5.82 Å². The number of carbonyl (C=O) groups is 1. The topological polar surface area (TPSA) is 86.8 Å². The zero-order chi connectivity index (χ0) is 17.6. The SMILES string of the molecule is O=C(C1CC1)n1c(=O)nc2n(Cc3ccc(Cl)nc3)cccc-2c1=O. The average molecular weight is 357 g/mol. The summed E-state index contributed by atoms with van der Waals surface area (Å²) >= 11 is 5.78. The van der Waals surface area contributed by atoms with E-state index in [1.54, 1.807) is 41.2 Å². The normalized spacial score (nSPS) is 14.0. The van der Waals surface area contributed by atoms with Gasteiger partial charge in [-0.1, -0.05) is 17.7 Å². The van der Waals surface area contributed by atoms with E-state index in [1.807, 2.05) is 0 Å². The van der Waals surface area contributed by atoms with E-state index < -0.39 is 17.2 Å². The zero-order valence-corrected chi connectivity index (χ0v) is 13.8. The third kappa shape index (κ3) is 2.87. The van der Waals surface area contributed by atoms with Crippen LogP contribution in [0.5, 0.6) is 0 Å². The first kappa shape index (κ1) is 15.7. The number of pyridine rings is 2. The summed E-state index contributed by atoms with van der Waals surface area (Å²) in [5.41, 5.74) is -0.369. The molecule has 7 nitrogen and oxygen atoms in total. The molecule has 3 aliphatic rings. The van der Waals surface area contributed by atoms with Gasteiger partial charge in [0.2, 0.25) is 5.91 Å². The molecule has 0 aromatic carbocycles. The molecule has 2 aliphatic heterocycles. The van der Waals surface area contributed by atoms with Crippen LogP contribution in [-0.4, -0.2) is 25.0 Å². The predicted octanol–water partition coefficient (Wildman–Crippen LogP) is 1.66. The van der Waals surface area contributed by atoms with Crippen molar-refractivity contribution < 1.29 is 4.79 Å². The highest BCUT2D eigenvalue weighted by molar-refractivity contribution is 6.29. The van der Waals surface area contributed by atoms with Gasteiger partial charge in [-0.2, -0.15) is 9.55 Å². The number of fused-ring (bicyclic) bond motifs is 1.